The monoisotopic (exact) mass is 390 g/mol. The summed E-state index contributed by atoms with van der Waals surface area (Å²) < 4.78 is 3.16. The summed E-state index contributed by atoms with van der Waals surface area (Å²) in [6.45, 7) is 4.87. The second kappa shape index (κ2) is 8.21. The molecule has 130 valence electrons. The highest BCUT2D eigenvalue weighted by Crippen LogP contribution is 2.25. The fourth-order valence-corrected chi connectivity index (χ4v) is 5.12. The Morgan fingerprint density at radius 1 is 1.28 bits per heavy atom. The molecule has 1 aromatic heterocycles. The summed E-state index contributed by atoms with van der Waals surface area (Å²) >= 11 is 9.35. The van der Waals surface area contributed by atoms with Gasteiger partial charge in [0.25, 0.3) is 0 Å². The molecular weight excluding hydrogens is 372 g/mol. The Bertz CT molecular complexity index is 961. The molecule has 0 radical (unpaired) electrons. The minimum Gasteiger partial charge on any atom is -0.316 e. The molecule has 3 rings (SSSR count). The van der Waals surface area contributed by atoms with E-state index in [-0.39, 0.29) is 5.91 Å². The number of thioether (sulfide) groups is 1. The smallest absolute Gasteiger partial charge is 0.249 e. The molecule has 0 N–H and O–H groups in total. The zero-order valence-electron chi connectivity index (χ0n) is 14.2. The van der Waals surface area contributed by atoms with Gasteiger partial charge in [0, 0.05) is 28.6 Å². The summed E-state index contributed by atoms with van der Waals surface area (Å²) in [5.74, 6) is 0.648. The zero-order chi connectivity index (χ0) is 17.8. The van der Waals surface area contributed by atoms with Gasteiger partial charge in [-0.05, 0) is 43.7 Å². The second-order valence-electron chi connectivity index (χ2n) is 5.62. The number of thiazole rings is 1. The van der Waals surface area contributed by atoms with Crippen molar-refractivity contribution < 1.29 is 4.79 Å². The van der Waals surface area contributed by atoms with Gasteiger partial charge in [0.05, 0.1) is 10.2 Å². The first-order valence-electron chi connectivity index (χ1n) is 8.13. The minimum atomic E-state index is -0.0825. The average molecular weight is 391 g/mol. The van der Waals surface area contributed by atoms with Gasteiger partial charge in [-0.2, -0.15) is 4.99 Å². The van der Waals surface area contributed by atoms with E-state index in [2.05, 4.69) is 28.6 Å². The normalized spacial score (nSPS) is 12.0. The quantitative estimate of drug-likeness (QED) is 0.554. The topological polar surface area (TPSA) is 34.4 Å². The number of rotatable bonds is 5. The lowest BCUT2D eigenvalue weighted by atomic mass is 10.2. The van der Waals surface area contributed by atoms with Crippen LogP contribution in [0.5, 0.6) is 0 Å². The zero-order valence-corrected chi connectivity index (χ0v) is 16.5. The first-order chi connectivity index (χ1) is 12.1. The summed E-state index contributed by atoms with van der Waals surface area (Å²) in [7, 11) is 0. The number of hydrogen-bond acceptors (Lipinski definition) is 3. The third-order valence-electron chi connectivity index (χ3n) is 3.80. The fraction of sp³-hybridized carbons (Fsp3) is 0.263. The van der Waals surface area contributed by atoms with Crippen LogP contribution < -0.4 is 4.80 Å². The lowest BCUT2D eigenvalue weighted by Gasteiger charge is -2.04. The van der Waals surface area contributed by atoms with E-state index in [1.807, 2.05) is 37.3 Å². The molecule has 0 aliphatic rings. The predicted molar refractivity (Wildman–Crippen MR) is 108 cm³/mol. The van der Waals surface area contributed by atoms with Crippen molar-refractivity contribution in [2.45, 2.75) is 31.7 Å². The van der Waals surface area contributed by atoms with Crippen molar-refractivity contribution in [2.24, 2.45) is 4.99 Å². The third-order valence-corrected chi connectivity index (χ3v) is 6.05. The number of benzene rings is 2. The number of aromatic nitrogens is 1. The van der Waals surface area contributed by atoms with Crippen LogP contribution in [0.25, 0.3) is 10.2 Å². The molecule has 0 unspecified atom stereocenters. The Labute approximate surface area is 160 Å². The maximum absolute atomic E-state index is 12.3. The van der Waals surface area contributed by atoms with Crippen LogP contribution in [0.2, 0.25) is 5.02 Å². The molecule has 0 fully saturated rings. The lowest BCUT2D eigenvalue weighted by Crippen LogP contribution is -2.16. The largest absolute Gasteiger partial charge is 0.316 e. The lowest BCUT2D eigenvalue weighted by molar-refractivity contribution is -0.117. The van der Waals surface area contributed by atoms with Crippen LogP contribution in [0.3, 0.4) is 0 Å². The van der Waals surface area contributed by atoms with Gasteiger partial charge in [0.15, 0.2) is 4.80 Å². The Balaban J connectivity index is 1.80. The van der Waals surface area contributed by atoms with E-state index in [1.54, 1.807) is 11.8 Å². The molecule has 1 heterocycles. The first kappa shape index (κ1) is 18.2. The summed E-state index contributed by atoms with van der Waals surface area (Å²) in [5, 5.41) is 0.714. The number of carbonyl (C=O) groups is 1. The second-order valence-corrected chi connectivity index (χ2v) is 8.23. The summed E-state index contributed by atoms with van der Waals surface area (Å²) in [4.78, 5) is 18.6. The number of halogens is 1. The Morgan fingerprint density at radius 2 is 2.04 bits per heavy atom. The van der Waals surface area contributed by atoms with Crippen molar-refractivity contribution in [3.05, 3.63) is 57.9 Å². The molecule has 2 aromatic carbocycles. The van der Waals surface area contributed by atoms with Crippen LogP contribution >= 0.6 is 34.7 Å². The van der Waals surface area contributed by atoms with E-state index < -0.39 is 0 Å². The van der Waals surface area contributed by atoms with Gasteiger partial charge in [-0.1, -0.05) is 41.1 Å². The highest BCUT2D eigenvalue weighted by Gasteiger charge is 2.10. The fourth-order valence-electron chi connectivity index (χ4n) is 2.69. The number of amides is 1. The molecule has 3 nitrogen and oxygen atoms in total. The van der Waals surface area contributed by atoms with Crippen molar-refractivity contribution in [1.82, 2.24) is 4.57 Å². The SMILES string of the molecule is CCn1c(=NC(=O)CCSc2ccccc2)sc2cc(Cl)cc(C)c21. The number of hydrogen-bond donors (Lipinski definition) is 0. The average Bonchev–Trinajstić information content (AvgIpc) is 2.92. The molecule has 0 spiro atoms. The number of fused-ring (bicyclic) bond motifs is 1. The van der Waals surface area contributed by atoms with Crippen LogP contribution in [0.1, 0.15) is 18.9 Å². The molecular formula is C19H19ClN2OS2. The maximum atomic E-state index is 12.3. The van der Waals surface area contributed by atoms with E-state index in [9.17, 15) is 4.79 Å². The summed E-state index contributed by atoms with van der Waals surface area (Å²) in [5.41, 5.74) is 2.22. The molecule has 0 saturated heterocycles. The van der Waals surface area contributed by atoms with E-state index in [4.69, 9.17) is 11.6 Å². The van der Waals surface area contributed by atoms with Gasteiger partial charge in [-0.15, -0.1) is 11.8 Å². The molecule has 0 saturated carbocycles. The van der Waals surface area contributed by atoms with Gasteiger partial charge < -0.3 is 4.57 Å². The van der Waals surface area contributed by atoms with Crippen LogP contribution in [-0.2, 0) is 11.3 Å². The molecule has 0 aliphatic carbocycles. The standard InChI is InChI=1S/C19H19ClN2OS2/c1-3-22-18-13(2)11-14(20)12-16(18)25-19(22)21-17(23)9-10-24-15-7-5-4-6-8-15/h4-8,11-12H,3,9-10H2,1-2H3. The Hall–Kier alpha value is -1.56. The number of aryl methyl sites for hydroxylation is 2. The molecule has 1 amide bonds. The van der Waals surface area contributed by atoms with Crippen LogP contribution in [-0.4, -0.2) is 16.2 Å². The number of carbonyl (C=O) groups excluding carboxylic acids is 1. The van der Waals surface area contributed by atoms with Crippen molar-refractivity contribution in [3.63, 3.8) is 0 Å². The van der Waals surface area contributed by atoms with Gasteiger partial charge in [0.2, 0.25) is 5.91 Å². The molecule has 3 aromatic rings. The van der Waals surface area contributed by atoms with E-state index >= 15 is 0 Å². The first-order valence-corrected chi connectivity index (χ1v) is 10.3. The predicted octanol–water partition coefficient (Wildman–Crippen LogP) is 5.29. The van der Waals surface area contributed by atoms with E-state index in [0.717, 1.165) is 32.9 Å². The minimum absolute atomic E-state index is 0.0825. The van der Waals surface area contributed by atoms with E-state index in [0.29, 0.717) is 11.4 Å². The third kappa shape index (κ3) is 4.35. The highest BCUT2D eigenvalue weighted by molar-refractivity contribution is 7.99. The Kier molecular flexibility index (Phi) is 5.99. The molecule has 0 bridgehead atoms. The summed E-state index contributed by atoms with van der Waals surface area (Å²) in [6, 6.07) is 14.0. The van der Waals surface area contributed by atoms with E-state index in [1.165, 1.54) is 16.2 Å². The van der Waals surface area contributed by atoms with Gasteiger partial charge in [-0.3, -0.25) is 4.79 Å². The highest BCUT2D eigenvalue weighted by atomic mass is 35.5. The van der Waals surface area contributed by atoms with Gasteiger partial charge in [-0.25, -0.2) is 0 Å². The van der Waals surface area contributed by atoms with Crippen molar-refractivity contribution in [1.29, 1.82) is 0 Å². The summed E-state index contributed by atoms with van der Waals surface area (Å²) in [6.07, 6.45) is 0.428. The van der Waals surface area contributed by atoms with Crippen molar-refractivity contribution in [3.8, 4) is 0 Å². The van der Waals surface area contributed by atoms with Crippen LogP contribution in [0.4, 0.5) is 0 Å². The maximum Gasteiger partial charge on any atom is 0.249 e. The van der Waals surface area contributed by atoms with Crippen molar-refractivity contribution in [2.75, 3.05) is 5.75 Å². The Morgan fingerprint density at radius 3 is 2.76 bits per heavy atom. The molecule has 6 heteroatoms. The van der Waals surface area contributed by atoms with Gasteiger partial charge in [0.1, 0.15) is 0 Å². The molecule has 0 atom stereocenters. The van der Waals surface area contributed by atoms with Gasteiger partial charge >= 0.3 is 0 Å². The van der Waals surface area contributed by atoms with Crippen molar-refractivity contribution >= 4 is 50.8 Å². The van der Waals surface area contributed by atoms with Crippen LogP contribution in [0.15, 0.2) is 52.4 Å². The molecule has 25 heavy (non-hydrogen) atoms. The molecule has 0 aliphatic heterocycles. The number of nitrogens with zero attached hydrogens (tertiary/aromatic N) is 2. The van der Waals surface area contributed by atoms with Crippen LogP contribution in [0, 0.1) is 6.92 Å².